The lowest BCUT2D eigenvalue weighted by Crippen LogP contribution is -2.60. The van der Waals surface area contributed by atoms with Gasteiger partial charge < -0.3 is 0 Å². The van der Waals surface area contributed by atoms with Gasteiger partial charge in [0.15, 0.2) is 0 Å². The smallest absolute Gasteiger partial charge is 0.207 e. The molecule has 0 aliphatic heterocycles. The molecule has 0 N–H and O–H groups in total. The highest BCUT2D eigenvalue weighted by atomic mass is 19.3. The van der Waals surface area contributed by atoms with E-state index in [9.17, 15) is 0 Å². The molecule has 0 aromatic carbocycles. The van der Waals surface area contributed by atoms with Crippen molar-refractivity contribution in [3.05, 3.63) is 0 Å². The van der Waals surface area contributed by atoms with Crippen LogP contribution >= 0.6 is 0 Å². The maximum absolute atomic E-state index is 15.4. The van der Waals surface area contributed by atoms with Crippen LogP contribution < -0.4 is 0 Å². The molecule has 4 saturated carbocycles. The van der Waals surface area contributed by atoms with E-state index >= 15 is 8.78 Å². The van der Waals surface area contributed by atoms with Crippen LogP contribution in [-0.2, 0) is 0 Å². The molecule has 4 aliphatic carbocycles. The molecule has 7 atom stereocenters. The second-order valence-corrected chi connectivity index (χ2v) is 10.3. The SMILES string of the molecule is CCCC1CCC2C3C(CCC12C)C1(C)CCCCC1CC3(F)F. The fourth-order valence-corrected chi connectivity index (χ4v) is 8.12. The summed E-state index contributed by atoms with van der Waals surface area (Å²) in [6.45, 7) is 7.03. The Morgan fingerprint density at radius 3 is 2.38 bits per heavy atom. The van der Waals surface area contributed by atoms with E-state index in [1.54, 1.807) is 0 Å². The van der Waals surface area contributed by atoms with Gasteiger partial charge in [0.25, 0.3) is 5.92 Å². The third-order valence-corrected chi connectivity index (χ3v) is 9.41. The summed E-state index contributed by atoms with van der Waals surface area (Å²) in [6.07, 6.45) is 11.9. The van der Waals surface area contributed by atoms with Gasteiger partial charge in [-0.3, -0.25) is 0 Å². The van der Waals surface area contributed by atoms with Crippen molar-refractivity contribution in [1.82, 2.24) is 0 Å². The molecule has 0 saturated heterocycles. The maximum atomic E-state index is 15.4. The van der Waals surface area contributed by atoms with E-state index in [1.807, 2.05) is 0 Å². The quantitative estimate of drug-likeness (QED) is 0.504. The zero-order valence-electron chi connectivity index (χ0n) is 15.9. The summed E-state index contributed by atoms with van der Waals surface area (Å²) >= 11 is 0. The third kappa shape index (κ3) is 2.26. The first-order chi connectivity index (χ1) is 11.3. The van der Waals surface area contributed by atoms with Gasteiger partial charge in [-0.2, -0.15) is 0 Å². The van der Waals surface area contributed by atoms with Crippen molar-refractivity contribution < 1.29 is 8.78 Å². The van der Waals surface area contributed by atoms with E-state index in [4.69, 9.17) is 0 Å². The van der Waals surface area contributed by atoms with Gasteiger partial charge in [0.1, 0.15) is 0 Å². The Morgan fingerprint density at radius 2 is 1.62 bits per heavy atom. The van der Waals surface area contributed by atoms with Gasteiger partial charge in [-0.05, 0) is 73.0 Å². The van der Waals surface area contributed by atoms with Crippen molar-refractivity contribution in [2.24, 2.45) is 40.4 Å². The highest BCUT2D eigenvalue weighted by Crippen LogP contribution is 2.70. The highest BCUT2D eigenvalue weighted by Gasteiger charge is 2.67. The van der Waals surface area contributed by atoms with Crippen LogP contribution in [0.4, 0.5) is 8.78 Å². The fourth-order valence-electron chi connectivity index (χ4n) is 8.12. The maximum Gasteiger partial charge on any atom is 0.251 e. The van der Waals surface area contributed by atoms with Crippen molar-refractivity contribution in [2.75, 3.05) is 0 Å². The normalized spacial score (nSPS) is 53.1. The second-order valence-electron chi connectivity index (χ2n) is 10.3. The Hall–Kier alpha value is -0.140. The topological polar surface area (TPSA) is 0 Å². The molecular formula is C22H36F2. The molecule has 0 spiro atoms. The Bertz CT molecular complexity index is 486. The number of halogens is 2. The zero-order chi connectivity index (χ0) is 17.2. The second kappa shape index (κ2) is 5.68. The molecule has 0 nitrogen and oxygen atoms in total. The average molecular weight is 339 g/mol. The van der Waals surface area contributed by atoms with E-state index in [0.29, 0.717) is 5.92 Å². The third-order valence-electron chi connectivity index (χ3n) is 9.41. The molecule has 2 heteroatoms. The van der Waals surface area contributed by atoms with Crippen molar-refractivity contribution >= 4 is 0 Å². The number of rotatable bonds is 2. The van der Waals surface area contributed by atoms with Crippen LogP contribution in [0.1, 0.15) is 91.4 Å². The lowest BCUT2D eigenvalue weighted by Gasteiger charge is -2.62. The van der Waals surface area contributed by atoms with Gasteiger partial charge in [-0.15, -0.1) is 0 Å². The highest BCUT2D eigenvalue weighted by molar-refractivity contribution is 5.12. The molecule has 7 unspecified atom stereocenters. The van der Waals surface area contributed by atoms with E-state index < -0.39 is 5.92 Å². The summed E-state index contributed by atoms with van der Waals surface area (Å²) in [5, 5.41) is 0. The first-order valence-corrected chi connectivity index (χ1v) is 10.7. The molecule has 0 bridgehead atoms. The minimum absolute atomic E-state index is 0.190. The van der Waals surface area contributed by atoms with Gasteiger partial charge in [0.05, 0.1) is 0 Å². The van der Waals surface area contributed by atoms with E-state index in [-0.39, 0.29) is 40.9 Å². The van der Waals surface area contributed by atoms with Gasteiger partial charge in [0, 0.05) is 12.3 Å². The summed E-state index contributed by atoms with van der Waals surface area (Å²) in [6, 6.07) is 0. The minimum Gasteiger partial charge on any atom is -0.207 e. The Labute approximate surface area is 147 Å². The van der Waals surface area contributed by atoms with Crippen molar-refractivity contribution in [3.8, 4) is 0 Å². The molecule has 4 rings (SSSR count). The Kier molecular flexibility index (Phi) is 4.09. The largest absolute Gasteiger partial charge is 0.251 e. The van der Waals surface area contributed by atoms with Crippen LogP contribution in [0.2, 0.25) is 0 Å². The molecular weight excluding hydrogens is 302 g/mol. The van der Waals surface area contributed by atoms with Crippen molar-refractivity contribution in [2.45, 2.75) is 97.3 Å². The van der Waals surface area contributed by atoms with Crippen molar-refractivity contribution in [1.29, 1.82) is 0 Å². The number of hydrogen-bond acceptors (Lipinski definition) is 0. The van der Waals surface area contributed by atoms with Gasteiger partial charge >= 0.3 is 0 Å². The zero-order valence-corrected chi connectivity index (χ0v) is 15.9. The fraction of sp³-hybridized carbons (Fsp3) is 1.00. The summed E-state index contributed by atoms with van der Waals surface area (Å²) in [4.78, 5) is 0. The van der Waals surface area contributed by atoms with E-state index in [1.165, 1.54) is 44.9 Å². The summed E-state index contributed by atoms with van der Waals surface area (Å²) < 4.78 is 30.8. The van der Waals surface area contributed by atoms with Crippen LogP contribution in [0.3, 0.4) is 0 Å². The standard InChI is InChI=1S/C22H36F2/c1-4-7-15-9-10-17-19-18(11-13-21(15,17)3)20(2)12-6-5-8-16(20)14-22(19,23)24/h15-19H,4-14H2,1-3H3. The number of fused-ring (bicyclic) bond motifs is 5. The molecule has 4 aliphatic rings. The molecule has 0 heterocycles. The first kappa shape index (κ1) is 17.3. The summed E-state index contributed by atoms with van der Waals surface area (Å²) in [7, 11) is 0. The van der Waals surface area contributed by atoms with Crippen LogP contribution in [0, 0.1) is 40.4 Å². The Morgan fingerprint density at radius 1 is 0.875 bits per heavy atom. The summed E-state index contributed by atoms with van der Waals surface area (Å²) in [5.74, 6) is -1.20. The number of hydrogen-bond donors (Lipinski definition) is 0. The van der Waals surface area contributed by atoms with E-state index in [2.05, 4.69) is 20.8 Å². The molecule has 24 heavy (non-hydrogen) atoms. The molecule has 0 aromatic heterocycles. The van der Waals surface area contributed by atoms with Gasteiger partial charge in [-0.1, -0.05) is 46.5 Å². The molecule has 4 fully saturated rings. The molecule has 0 radical (unpaired) electrons. The van der Waals surface area contributed by atoms with Gasteiger partial charge in [-0.25, -0.2) is 8.78 Å². The predicted octanol–water partition coefficient (Wildman–Crippen LogP) is 7.08. The van der Waals surface area contributed by atoms with Crippen LogP contribution in [0.5, 0.6) is 0 Å². The van der Waals surface area contributed by atoms with Crippen molar-refractivity contribution in [3.63, 3.8) is 0 Å². The Balaban J connectivity index is 1.69. The lowest BCUT2D eigenvalue weighted by atomic mass is 9.44. The molecule has 0 amide bonds. The van der Waals surface area contributed by atoms with Crippen LogP contribution in [0.15, 0.2) is 0 Å². The number of alkyl halides is 2. The van der Waals surface area contributed by atoms with E-state index in [0.717, 1.165) is 19.3 Å². The predicted molar refractivity (Wildman–Crippen MR) is 95.1 cm³/mol. The average Bonchev–Trinajstić information content (AvgIpc) is 2.85. The minimum atomic E-state index is -2.42. The van der Waals surface area contributed by atoms with Crippen LogP contribution in [-0.4, -0.2) is 5.92 Å². The summed E-state index contributed by atoms with van der Waals surface area (Å²) in [5.41, 5.74) is 0.396. The molecule has 138 valence electrons. The lowest BCUT2D eigenvalue weighted by molar-refractivity contribution is -0.231. The molecule has 0 aromatic rings. The first-order valence-electron chi connectivity index (χ1n) is 10.7. The monoisotopic (exact) mass is 338 g/mol. The van der Waals surface area contributed by atoms with Gasteiger partial charge in [0.2, 0.25) is 0 Å². The van der Waals surface area contributed by atoms with Crippen LogP contribution in [0.25, 0.3) is 0 Å².